The molecule has 90 valence electrons. The van der Waals surface area contributed by atoms with Gasteiger partial charge < -0.3 is 9.84 Å². The zero-order valence-electron chi connectivity index (χ0n) is 9.21. The Labute approximate surface area is 106 Å². The van der Waals surface area contributed by atoms with Crippen LogP contribution in [0.5, 0.6) is 0 Å². The molecule has 0 aliphatic rings. The number of carbonyl (C=O) groups excluding carboxylic acids is 1. The Bertz CT molecular complexity index is 497. The molecule has 2 rings (SSSR count). The van der Waals surface area contributed by atoms with E-state index in [-0.39, 0.29) is 11.2 Å². The molecular formula is C9H10N4O2S2. The van der Waals surface area contributed by atoms with Crippen molar-refractivity contribution in [1.29, 1.82) is 0 Å². The number of rotatable bonds is 4. The first-order chi connectivity index (χ1) is 8.15. The molecule has 2 aromatic rings. The molecule has 0 radical (unpaired) electrons. The van der Waals surface area contributed by atoms with E-state index in [4.69, 9.17) is 4.52 Å². The average molecular weight is 270 g/mol. The number of nitrogens with one attached hydrogen (secondary N) is 1. The van der Waals surface area contributed by atoms with Gasteiger partial charge in [-0.3, -0.25) is 4.79 Å². The van der Waals surface area contributed by atoms with Gasteiger partial charge in [-0.05, 0) is 13.8 Å². The maximum absolute atomic E-state index is 11.8. The SMILES string of the molecule is Cc1cc(NC(=O)[C@H](C)Sc2nncs2)no1. The fourth-order valence-corrected chi connectivity index (χ4v) is 2.70. The lowest BCUT2D eigenvalue weighted by Crippen LogP contribution is -2.22. The van der Waals surface area contributed by atoms with Crippen LogP contribution >= 0.6 is 23.1 Å². The van der Waals surface area contributed by atoms with Crippen LogP contribution in [0.15, 0.2) is 20.4 Å². The lowest BCUT2D eigenvalue weighted by atomic mass is 10.4. The standard InChI is InChI=1S/C9H10N4O2S2/c1-5-3-7(13-15-5)11-8(14)6(2)17-9-12-10-4-16-9/h3-4,6H,1-2H3,(H,11,13,14)/t6-/m0/s1. The van der Waals surface area contributed by atoms with Crippen LogP contribution in [0.1, 0.15) is 12.7 Å². The van der Waals surface area contributed by atoms with Crippen molar-refractivity contribution in [3.8, 4) is 0 Å². The zero-order chi connectivity index (χ0) is 12.3. The van der Waals surface area contributed by atoms with Gasteiger partial charge in [0.15, 0.2) is 10.2 Å². The molecule has 2 heterocycles. The fourth-order valence-electron chi connectivity index (χ4n) is 1.07. The van der Waals surface area contributed by atoms with Gasteiger partial charge in [-0.2, -0.15) is 0 Å². The summed E-state index contributed by atoms with van der Waals surface area (Å²) in [5, 5.41) is 13.7. The number of carbonyl (C=O) groups is 1. The number of aromatic nitrogens is 3. The molecule has 6 nitrogen and oxygen atoms in total. The van der Waals surface area contributed by atoms with Gasteiger partial charge in [0.25, 0.3) is 0 Å². The summed E-state index contributed by atoms with van der Waals surface area (Å²) < 4.78 is 5.63. The molecule has 1 atom stereocenters. The van der Waals surface area contributed by atoms with Crippen molar-refractivity contribution < 1.29 is 9.32 Å². The Balaban J connectivity index is 1.91. The van der Waals surface area contributed by atoms with Gasteiger partial charge >= 0.3 is 0 Å². The van der Waals surface area contributed by atoms with Crippen molar-refractivity contribution in [2.75, 3.05) is 5.32 Å². The Hall–Kier alpha value is -1.41. The molecule has 0 aliphatic carbocycles. The number of hydrogen-bond donors (Lipinski definition) is 1. The molecule has 8 heteroatoms. The van der Waals surface area contributed by atoms with Crippen molar-refractivity contribution in [1.82, 2.24) is 15.4 Å². The van der Waals surface area contributed by atoms with Crippen LogP contribution in [0.3, 0.4) is 0 Å². The van der Waals surface area contributed by atoms with Gasteiger partial charge in [-0.1, -0.05) is 28.3 Å². The van der Waals surface area contributed by atoms with Crippen LogP contribution < -0.4 is 5.32 Å². The Morgan fingerprint density at radius 2 is 2.47 bits per heavy atom. The Morgan fingerprint density at radius 1 is 1.65 bits per heavy atom. The highest BCUT2D eigenvalue weighted by molar-refractivity contribution is 8.02. The molecule has 0 aromatic carbocycles. The molecule has 1 N–H and O–H groups in total. The smallest absolute Gasteiger partial charge is 0.238 e. The van der Waals surface area contributed by atoms with E-state index in [1.165, 1.54) is 23.1 Å². The molecule has 0 bridgehead atoms. The second-order valence-corrected chi connectivity index (χ2v) is 5.70. The van der Waals surface area contributed by atoms with Crippen LogP contribution in [-0.4, -0.2) is 26.5 Å². The molecule has 0 saturated carbocycles. The van der Waals surface area contributed by atoms with Crippen molar-refractivity contribution in [2.45, 2.75) is 23.4 Å². The highest BCUT2D eigenvalue weighted by atomic mass is 32.2. The molecule has 1 amide bonds. The van der Waals surface area contributed by atoms with Crippen molar-refractivity contribution in [3.63, 3.8) is 0 Å². The van der Waals surface area contributed by atoms with Crippen LogP contribution in [0.4, 0.5) is 5.82 Å². The predicted molar refractivity (Wildman–Crippen MR) is 65.1 cm³/mol. The predicted octanol–water partition coefficient (Wildman–Crippen LogP) is 1.95. The van der Waals surface area contributed by atoms with E-state index in [1.807, 2.05) is 0 Å². The van der Waals surface area contributed by atoms with Crippen LogP contribution in [-0.2, 0) is 4.79 Å². The number of hydrogen-bond acceptors (Lipinski definition) is 7. The number of aryl methyl sites for hydroxylation is 1. The first-order valence-corrected chi connectivity index (χ1v) is 6.58. The van der Waals surface area contributed by atoms with E-state index in [9.17, 15) is 4.79 Å². The first kappa shape index (κ1) is 12.1. The van der Waals surface area contributed by atoms with Gasteiger partial charge in [0, 0.05) is 6.07 Å². The van der Waals surface area contributed by atoms with Gasteiger partial charge in [0.1, 0.15) is 11.3 Å². The summed E-state index contributed by atoms with van der Waals surface area (Å²) in [6, 6.07) is 1.67. The summed E-state index contributed by atoms with van der Waals surface area (Å²) in [6.07, 6.45) is 0. The monoisotopic (exact) mass is 270 g/mol. The summed E-state index contributed by atoms with van der Waals surface area (Å²) in [4.78, 5) is 11.8. The Kier molecular flexibility index (Phi) is 3.75. The van der Waals surface area contributed by atoms with E-state index >= 15 is 0 Å². The highest BCUT2D eigenvalue weighted by Crippen LogP contribution is 2.24. The summed E-state index contributed by atoms with van der Waals surface area (Å²) in [5.74, 6) is 0.945. The largest absolute Gasteiger partial charge is 0.360 e. The van der Waals surface area contributed by atoms with Gasteiger partial charge in [0.2, 0.25) is 5.91 Å². The summed E-state index contributed by atoms with van der Waals surface area (Å²) >= 11 is 2.76. The highest BCUT2D eigenvalue weighted by Gasteiger charge is 2.17. The molecular weight excluding hydrogens is 260 g/mol. The number of amides is 1. The van der Waals surface area contributed by atoms with Gasteiger partial charge in [-0.15, -0.1) is 10.2 Å². The lowest BCUT2D eigenvalue weighted by molar-refractivity contribution is -0.115. The minimum atomic E-state index is -0.264. The molecule has 2 aromatic heterocycles. The van der Waals surface area contributed by atoms with Crippen molar-refractivity contribution in [2.24, 2.45) is 0 Å². The fraction of sp³-hybridized carbons (Fsp3) is 0.333. The van der Waals surface area contributed by atoms with E-state index in [0.717, 1.165) is 4.34 Å². The van der Waals surface area contributed by atoms with E-state index in [2.05, 4.69) is 20.7 Å². The quantitative estimate of drug-likeness (QED) is 0.855. The summed E-state index contributed by atoms with van der Waals surface area (Å²) in [5.41, 5.74) is 1.63. The maximum Gasteiger partial charge on any atom is 0.238 e. The summed E-state index contributed by atoms with van der Waals surface area (Å²) in [7, 11) is 0. The van der Waals surface area contributed by atoms with Gasteiger partial charge in [0.05, 0.1) is 5.25 Å². The molecule has 0 unspecified atom stereocenters. The maximum atomic E-state index is 11.8. The minimum Gasteiger partial charge on any atom is -0.360 e. The minimum absolute atomic E-state index is 0.140. The summed E-state index contributed by atoms with van der Waals surface area (Å²) in [6.45, 7) is 3.57. The molecule has 0 spiro atoms. The molecule has 0 saturated heterocycles. The third kappa shape index (κ3) is 3.27. The van der Waals surface area contributed by atoms with E-state index < -0.39 is 0 Å². The molecule has 0 fully saturated rings. The lowest BCUT2D eigenvalue weighted by Gasteiger charge is -2.07. The number of thioether (sulfide) groups is 1. The van der Waals surface area contributed by atoms with E-state index in [0.29, 0.717) is 11.6 Å². The number of anilines is 1. The van der Waals surface area contributed by atoms with Gasteiger partial charge in [-0.25, -0.2) is 0 Å². The third-order valence-electron chi connectivity index (χ3n) is 1.87. The van der Waals surface area contributed by atoms with Crippen molar-refractivity contribution >= 4 is 34.8 Å². The van der Waals surface area contributed by atoms with Crippen LogP contribution in [0.25, 0.3) is 0 Å². The first-order valence-electron chi connectivity index (χ1n) is 4.82. The average Bonchev–Trinajstić information content (AvgIpc) is 2.90. The van der Waals surface area contributed by atoms with Crippen molar-refractivity contribution in [3.05, 3.63) is 17.3 Å². The molecule has 0 aliphatic heterocycles. The zero-order valence-corrected chi connectivity index (χ0v) is 10.8. The topological polar surface area (TPSA) is 80.9 Å². The van der Waals surface area contributed by atoms with E-state index in [1.54, 1.807) is 25.4 Å². The third-order valence-corrected chi connectivity index (χ3v) is 3.78. The second kappa shape index (κ2) is 5.28. The van der Waals surface area contributed by atoms with Crippen LogP contribution in [0, 0.1) is 6.92 Å². The Morgan fingerprint density at radius 3 is 3.06 bits per heavy atom. The van der Waals surface area contributed by atoms with Crippen LogP contribution in [0.2, 0.25) is 0 Å². The second-order valence-electron chi connectivity index (χ2n) is 3.28. The normalized spacial score (nSPS) is 12.4. The number of nitrogens with zero attached hydrogens (tertiary/aromatic N) is 3. The molecule has 17 heavy (non-hydrogen) atoms.